The van der Waals surface area contributed by atoms with Gasteiger partial charge in [-0.2, -0.15) is 0 Å². The molecule has 3 N–H and O–H groups in total. The van der Waals surface area contributed by atoms with Gasteiger partial charge in [0.15, 0.2) is 5.58 Å². The quantitative estimate of drug-likeness (QED) is 0.550. The van der Waals surface area contributed by atoms with E-state index in [1.165, 1.54) is 25.1 Å². The Morgan fingerprint density at radius 1 is 1.00 bits per heavy atom. The van der Waals surface area contributed by atoms with Crippen LogP contribution in [0, 0.1) is 0 Å². The Morgan fingerprint density at radius 2 is 1.65 bits per heavy atom. The number of sulfonamides is 1. The van der Waals surface area contributed by atoms with Gasteiger partial charge < -0.3 is 15.1 Å². The average molecular weight is 445 g/mol. The first-order valence-corrected chi connectivity index (χ1v) is 11.3. The maximum absolute atomic E-state index is 13.0. The third-order valence-corrected chi connectivity index (χ3v) is 4.76. The summed E-state index contributed by atoms with van der Waals surface area (Å²) < 4.78 is 31.5. The molecule has 31 heavy (non-hydrogen) atoms. The first-order chi connectivity index (χ1) is 14.3. The Bertz CT molecular complexity index is 1270. The SMILES string of the molecule is CC(=O)Nc1ccc(NS(C)(=O)=O)c(C(=O)Nc2ccc3oc(C(C)(C)C)nc3c2)c1. The summed E-state index contributed by atoms with van der Waals surface area (Å²) in [5, 5.41) is 5.31. The van der Waals surface area contributed by atoms with Crippen molar-refractivity contribution in [3.63, 3.8) is 0 Å². The molecule has 164 valence electrons. The predicted molar refractivity (Wildman–Crippen MR) is 120 cm³/mol. The first-order valence-electron chi connectivity index (χ1n) is 9.44. The fourth-order valence-corrected chi connectivity index (χ4v) is 3.40. The van der Waals surface area contributed by atoms with E-state index < -0.39 is 15.9 Å². The molecule has 0 radical (unpaired) electrons. The molecule has 1 aromatic heterocycles. The van der Waals surface area contributed by atoms with Gasteiger partial charge in [-0.3, -0.25) is 14.3 Å². The minimum absolute atomic E-state index is 0.0484. The van der Waals surface area contributed by atoms with Gasteiger partial charge in [0.2, 0.25) is 21.8 Å². The Morgan fingerprint density at radius 3 is 2.26 bits per heavy atom. The summed E-state index contributed by atoms with van der Waals surface area (Å²) >= 11 is 0. The van der Waals surface area contributed by atoms with Gasteiger partial charge in [0.25, 0.3) is 5.91 Å². The molecule has 0 saturated heterocycles. The van der Waals surface area contributed by atoms with Crippen molar-refractivity contribution in [2.45, 2.75) is 33.1 Å². The summed E-state index contributed by atoms with van der Waals surface area (Å²) in [5.74, 6) is -0.299. The van der Waals surface area contributed by atoms with Crippen LogP contribution < -0.4 is 15.4 Å². The number of carbonyl (C=O) groups is 2. The second-order valence-electron chi connectivity index (χ2n) is 8.22. The molecule has 3 aromatic rings. The lowest BCUT2D eigenvalue weighted by molar-refractivity contribution is -0.114. The van der Waals surface area contributed by atoms with Gasteiger partial charge in [-0.05, 0) is 36.4 Å². The molecule has 0 spiro atoms. The molecule has 0 aliphatic rings. The average Bonchev–Trinajstić information content (AvgIpc) is 3.05. The Hall–Kier alpha value is -3.40. The number of nitrogens with zero attached hydrogens (tertiary/aromatic N) is 1. The second-order valence-corrected chi connectivity index (χ2v) is 9.97. The molecular formula is C21H24N4O5S. The van der Waals surface area contributed by atoms with Crippen LogP contribution in [0.2, 0.25) is 0 Å². The largest absolute Gasteiger partial charge is 0.440 e. The number of aromatic nitrogens is 1. The van der Waals surface area contributed by atoms with E-state index in [0.29, 0.717) is 28.4 Å². The Labute approximate surface area is 180 Å². The van der Waals surface area contributed by atoms with Gasteiger partial charge in [-0.15, -0.1) is 0 Å². The molecule has 0 aliphatic heterocycles. The van der Waals surface area contributed by atoms with E-state index in [4.69, 9.17) is 4.42 Å². The summed E-state index contributed by atoms with van der Waals surface area (Å²) in [4.78, 5) is 28.8. The minimum Gasteiger partial charge on any atom is -0.440 e. The molecule has 0 aliphatic carbocycles. The van der Waals surface area contributed by atoms with Crippen LogP contribution in [0.1, 0.15) is 43.9 Å². The van der Waals surface area contributed by atoms with Crippen molar-refractivity contribution in [1.29, 1.82) is 0 Å². The van der Waals surface area contributed by atoms with Crippen LogP contribution in [0.4, 0.5) is 17.1 Å². The number of carbonyl (C=O) groups excluding carboxylic acids is 2. The monoisotopic (exact) mass is 444 g/mol. The van der Waals surface area contributed by atoms with Crippen molar-refractivity contribution in [3.8, 4) is 0 Å². The molecule has 0 saturated carbocycles. The molecule has 0 atom stereocenters. The smallest absolute Gasteiger partial charge is 0.257 e. The number of nitrogens with one attached hydrogen (secondary N) is 3. The van der Waals surface area contributed by atoms with Crippen molar-refractivity contribution in [2.75, 3.05) is 21.6 Å². The van der Waals surface area contributed by atoms with E-state index in [0.717, 1.165) is 6.26 Å². The first kappa shape index (κ1) is 22.3. The highest BCUT2D eigenvalue weighted by molar-refractivity contribution is 7.92. The standard InChI is InChI=1S/C21H24N4O5S/c1-12(26)22-13-6-8-16(25-31(5,28)29)15(10-13)19(27)23-14-7-9-18-17(11-14)24-20(30-18)21(2,3)4/h6-11,25H,1-5H3,(H,22,26)(H,23,27). The maximum atomic E-state index is 13.0. The highest BCUT2D eigenvalue weighted by Gasteiger charge is 2.21. The van der Waals surface area contributed by atoms with Crippen LogP contribution in [-0.4, -0.2) is 31.5 Å². The third kappa shape index (κ3) is 5.60. The zero-order valence-corrected chi connectivity index (χ0v) is 18.7. The molecule has 0 bridgehead atoms. The fourth-order valence-electron chi connectivity index (χ4n) is 2.83. The fraction of sp³-hybridized carbons (Fsp3) is 0.286. The molecular weight excluding hydrogens is 420 g/mol. The zero-order valence-electron chi connectivity index (χ0n) is 17.9. The zero-order chi connectivity index (χ0) is 23.0. The second kappa shape index (κ2) is 8.03. The Balaban J connectivity index is 1.94. The number of oxazole rings is 1. The van der Waals surface area contributed by atoms with Crippen LogP contribution in [0.25, 0.3) is 11.1 Å². The minimum atomic E-state index is -3.62. The molecule has 2 amide bonds. The number of amides is 2. The Kier molecular flexibility index (Phi) is 5.77. The van der Waals surface area contributed by atoms with E-state index in [9.17, 15) is 18.0 Å². The van der Waals surface area contributed by atoms with Gasteiger partial charge in [0.05, 0.1) is 17.5 Å². The van der Waals surface area contributed by atoms with Crippen molar-refractivity contribution in [1.82, 2.24) is 4.98 Å². The van der Waals surface area contributed by atoms with Gasteiger partial charge >= 0.3 is 0 Å². The number of rotatable bonds is 5. The van der Waals surface area contributed by atoms with Crippen molar-refractivity contribution < 1.29 is 22.4 Å². The maximum Gasteiger partial charge on any atom is 0.257 e. The number of benzene rings is 2. The summed E-state index contributed by atoms with van der Waals surface area (Å²) in [7, 11) is -3.62. The van der Waals surface area contributed by atoms with Crippen molar-refractivity contribution in [2.24, 2.45) is 0 Å². The van der Waals surface area contributed by atoms with Crippen LogP contribution in [0.3, 0.4) is 0 Å². The van der Waals surface area contributed by atoms with Crippen LogP contribution in [-0.2, 0) is 20.2 Å². The van der Waals surface area contributed by atoms with Gasteiger partial charge in [0.1, 0.15) is 5.52 Å². The molecule has 10 heteroatoms. The summed E-state index contributed by atoms with van der Waals surface area (Å²) in [6.45, 7) is 7.29. The summed E-state index contributed by atoms with van der Waals surface area (Å²) in [5.41, 5.74) is 1.87. The topological polar surface area (TPSA) is 130 Å². The van der Waals surface area contributed by atoms with Gasteiger partial charge in [-0.25, -0.2) is 13.4 Å². The molecule has 0 fully saturated rings. The molecule has 9 nitrogen and oxygen atoms in total. The van der Waals surface area contributed by atoms with Crippen molar-refractivity contribution >= 4 is 50.0 Å². The summed E-state index contributed by atoms with van der Waals surface area (Å²) in [6.07, 6.45) is 0.988. The van der Waals surface area contributed by atoms with Crippen LogP contribution in [0.15, 0.2) is 40.8 Å². The molecule has 0 unspecified atom stereocenters. The molecule has 2 aromatic carbocycles. The lowest BCUT2D eigenvalue weighted by Gasteiger charge is -2.13. The highest BCUT2D eigenvalue weighted by Crippen LogP contribution is 2.28. The number of anilines is 3. The van der Waals surface area contributed by atoms with Gasteiger partial charge in [0, 0.05) is 23.7 Å². The van der Waals surface area contributed by atoms with E-state index >= 15 is 0 Å². The van der Waals surface area contributed by atoms with E-state index in [1.807, 2.05) is 20.8 Å². The lowest BCUT2D eigenvalue weighted by atomic mass is 9.97. The van der Waals surface area contributed by atoms with Gasteiger partial charge in [-0.1, -0.05) is 20.8 Å². The molecule has 1 heterocycles. The summed E-state index contributed by atoms with van der Waals surface area (Å²) in [6, 6.07) is 9.36. The number of hydrogen-bond donors (Lipinski definition) is 3. The van der Waals surface area contributed by atoms with Crippen molar-refractivity contribution in [3.05, 3.63) is 47.9 Å². The number of fused-ring (bicyclic) bond motifs is 1. The van der Waals surface area contributed by atoms with Crippen LogP contribution >= 0.6 is 0 Å². The number of hydrogen-bond acceptors (Lipinski definition) is 6. The predicted octanol–water partition coefficient (Wildman–Crippen LogP) is 3.71. The van der Waals surface area contributed by atoms with E-state index in [2.05, 4.69) is 20.3 Å². The van der Waals surface area contributed by atoms with E-state index in [-0.39, 0.29) is 22.6 Å². The highest BCUT2D eigenvalue weighted by atomic mass is 32.2. The normalized spacial score (nSPS) is 11.9. The molecule has 3 rings (SSSR count). The third-order valence-electron chi connectivity index (χ3n) is 4.17. The van der Waals surface area contributed by atoms with Crippen LogP contribution in [0.5, 0.6) is 0 Å². The van der Waals surface area contributed by atoms with E-state index in [1.54, 1.807) is 18.2 Å². The lowest BCUT2D eigenvalue weighted by Crippen LogP contribution is -2.18.